The number of hydrogen-bond donors (Lipinski definition) is 5. The van der Waals surface area contributed by atoms with Gasteiger partial charge >= 0.3 is 0 Å². The van der Waals surface area contributed by atoms with Crippen LogP contribution >= 0.6 is 0 Å². The van der Waals surface area contributed by atoms with Crippen molar-refractivity contribution < 1.29 is 25.2 Å². The highest BCUT2D eigenvalue weighted by Gasteiger charge is 2.28. The summed E-state index contributed by atoms with van der Waals surface area (Å²) in [6.45, 7) is 4.02. The number of rotatable bonds is 38. The Morgan fingerprint density at radius 1 is 0.490 bits per heavy atom. The van der Waals surface area contributed by atoms with Crippen LogP contribution in [-0.4, -0.2) is 57.3 Å². The molecule has 0 aliphatic heterocycles. The first-order valence-corrected chi connectivity index (χ1v) is 21.2. The van der Waals surface area contributed by atoms with Crippen molar-refractivity contribution in [2.75, 3.05) is 6.61 Å². The summed E-state index contributed by atoms with van der Waals surface area (Å²) in [7, 11) is 0. The average Bonchev–Trinajstić information content (AvgIpc) is 3.11. The van der Waals surface area contributed by atoms with E-state index in [1.54, 1.807) is 0 Å². The molecule has 0 saturated carbocycles. The fourth-order valence-corrected chi connectivity index (χ4v) is 6.48. The first kappa shape index (κ1) is 47.8. The van der Waals surface area contributed by atoms with E-state index in [2.05, 4.69) is 43.5 Å². The summed E-state index contributed by atoms with van der Waals surface area (Å²) in [5.41, 5.74) is 0. The molecule has 0 aromatic carbocycles. The molecule has 0 rings (SSSR count). The number of carbonyl (C=O) groups is 1. The number of unbranched alkanes of at least 4 members (excludes halogenated alkanes) is 25. The lowest BCUT2D eigenvalue weighted by Crippen LogP contribution is -2.53. The predicted octanol–water partition coefficient (Wildman–Crippen LogP) is 10.8. The lowest BCUT2D eigenvalue weighted by Gasteiger charge is -2.27. The van der Waals surface area contributed by atoms with E-state index in [9.17, 15) is 25.2 Å². The zero-order chi connectivity index (χ0) is 36.0. The van der Waals surface area contributed by atoms with Crippen LogP contribution in [0.3, 0.4) is 0 Å². The summed E-state index contributed by atoms with van der Waals surface area (Å²) >= 11 is 0. The number of aliphatic hydroxyl groups excluding tert-OH is 4. The highest BCUT2D eigenvalue weighted by atomic mass is 16.3. The van der Waals surface area contributed by atoms with Gasteiger partial charge in [0.1, 0.15) is 12.2 Å². The Kier molecular flexibility index (Phi) is 37.1. The van der Waals surface area contributed by atoms with Gasteiger partial charge in [-0.2, -0.15) is 0 Å². The molecule has 0 spiro atoms. The van der Waals surface area contributed by atoms with Crippen molar-refractivity contribution in [2.24, 2.45) is 0 Å². The Bertz CT molecular complexity index is 742. The Balaban J connectivity index is 3.79. The number of hydrogen-bond acceptors (Lipinski definition) is 5. The van der Waals surface area contributed by atoms with Crippen LogP contribution < -0.4 is 5.32 Å². The molecule has 6 nitrogen and oxygen atoms in total. The highest BCUT2D eigenvalue weighted by Crippen LogP contribution is 2.16. The van der Waals surface area contributed by atoms with E-state index in [1.807, 2.05) is 0 Å². The average molecular weight is 694 g/mol. The molecule has 5 N–H and O–H groups in total. The van der Waals surface area contributed by atoms with Gasteiger partial charge in [0, 0.05) is 0 Å². The minimum absolute atomic E-state index is 0.364. The molecule has 49 heavy (non-hydrogen) atoms. The Hall–Kier alpha value is -1.21. The molecule has 290 valence electrons. The molecule has 0 bridgehead atoms. The first-order chi connectivity index (χ1) is 24.0. The fraction of sp³-hybridized carbons (Fsp3) is 0.884. The van der Waals surface area contributed by atoms with Crippen LogP contribution in [-0.2, 0) is 4.79 Å². The highest BCUT2D eigenvalue weighted by molar-refractivity contribution is 5.80. The van der Waals surface area contributed by atoms with Gasteiger partial charge in [-0.15, -0.1) is 0 Å². The van der Waals surface area contributed by atoms with Crippen molar-refractivity contribution in [3.05, 3.63) is 24.3 Å². The Labute approximate surface area is 304 Å². The molecule has 0 aliphatic rings. The molecule has 0 aromatic rings. The molecule has 1 amide bonds. The van der Waals surface area contributed by atoms with Gasteiger partial charge in [0.15, 0.2) is 0 Å². The SMILES string of the molecule is CCCCCCCC/C=C/CC/C=C/CCCC(O)C(O)C(CO)NC(=O)C(O)CCCCCCCCCCCCCCCCCCCC. The van der Waals surface area contributed by atoms with E-state index < -0.39 is 36.9 Å². The number of amides is 1. The van der Waals surface area contributed by atoms with Gasteiger partial charge in [0.05, 0.1) is 18.8 Å². The minimum atomic E-state index is -1.29. The number of nitrogens with one attached hydrogen (secondary N) is 1. The van der Waals surface area contributed by atoms with Crippen LogP contribution in [0.5, 0.6) is 0 Å². The molecule has 0 heterocycles. The van der Waals surface area contributed by atoms with E-state index in [4.69, 9.17) is 0 Å². The van der Waals surface area contributed by atoms with Crippen LogP contribution in [0.4, 0.5) is 0 Å². The summed E-state index contributed by atoms with van der Waals surface area (Å²) < 4.78 is 0. The van der Waals surface area contributed by atoms with Gasteiger partial charge in [-0.05, 0) is 51.4 Å². The van der Waals surface area contributed by atoms with E-state index in [-0.39, 0.29) is 0 Å². The second kappa shape index (κ2) is 38.0. The summed E-state index contributed by atoms with van der Waals surface area (Å²) in [4.78, 5) is 12.5. The molecule has 4 atom stereocenters. The van der Waals surface area contributed by atoms with Crippen molar-refractivity contribution in [1.29, 1.82) is 0 Å². The van der Waals surface area contributed by atoms with Crippen LogP contribution in [0.25, 0.3) is 0 Å². The normalized spacial score (nSPS) is 14.5. The quantitative estimate of drug-likeness (QED) is 0.0327. The molecule has 0 radical (unpaired) electrons. The lowest BCUT2D eigenvalue weighted by molar-refractivity contribution is -0.132. The Morgan fingerprint density at radius 2 is 0.857 bits per heavy atom. The smallest absolute Gasteiger partial charge is 0.249 e. The number of allylic oxidation sites excluding steroid dienone is 4. The maximum atomic E-state index is 12.5. The summed E-state index contributed by atoms with van der Waals surface area (Å²) in [5.74, 6) is -0.596. The molecule has 0 saturated heterocycles. The molecule has 0 fully saturated rings. The Morgan fingerprint density at radius 3 is 1.29 bits per heavy atom. The minimum Gasteiger partial charge on any atom is -0.394 e. The first-order valence-electron chi connectivity index (χ1n) is 21.2. The van der Waals surface area contributed by atoms with Crippen molar-refractivity contribution in [1.82, 2.24) is 5.32 Å². The largest absolute Gasteiger partial charge is 0.394 e. The van der Waals surface area contributed by atoms with Gasteiger partial charge < -0.3 is 25.7 Å². The van der Waals surface area contributed by atoms with E-state index in [1.165, 1.54) is 141 Å². The second-order valence-electron chi connectivity index (χ2n) is 14.7. The van der Waals surface area contributed by atoms with Gasteiger partial charge in [0.25, 0.3) is 0 Å². The van der Waals surface area contributed by atoms with Crippen molar-refractivity contribution in [3.63, 3.8) is 0 Å². The summed E-state index contributed by atoms with van der Waals surface area (Å²) in [6, 6.07) is -1.00. The monoisotopic (exact) mass is 694 g/mol. The van der Waals surface area contributed by atoms with Crippen molar-refractivity contribution in [3.8, 4) is 0 Å². The van der Waals surface area contributed by atoms with E-state index >= 15 is 0 Å². The third kappa shape index (κ3) is 32.4. The molecule has 4 unspecified atom stereocenters. The molecule has 0 aromatic heterocycles. The maximum absolute atomic E-state index is 12.5. The number of aliphatic hydroxyl groups is 4. The number of carbonyl (C=O) groups excluding carboxylic acids is 1. The third-order valence-corrected chi connectivity index (χ3v) is 9.89. The van der Waals surface area contributed by atoms with E-state index in [0.717, 1.165) is 38.5 Å². The predicted molar refractivity (Wildman–Crippen MR) is 210 cm³/mol. The topological polar surface area (TPSA) is 110 Å². The van der Waals surface area contributed by atoms with Gasteiger partial charge in [-0.3, -0.25) is 4.79 Å². The van der Waals surface area contributed by atoms with Crippen LogP contribution in [0.1, 0.15) is 213 Å². The molecular weight excluding hydrogens is 610 g/mol. The molecule has 0 aliphatic carbocycles. The third-order valence-electron chi connectivity index (χ3n) is 9.89. The zero-order valence-corrected chi connectivity index (χ0v) is 32.4. The lowest BCUT2D eigenvalue weighted by atomic mass is 10.00. The molecule has 6 heteroatoms. The van der Waals surface area contributed by atoms with Gasteiger partial charge in [0.2, 0.25) is 5.91 Å². The van der Waals surface area contributed by atoms with Gasteiger partial charge in [-0.1, -0.05) is 186 Å². The maximum Gasteiger partial charge on any atom is 0.249 e. The summed E-state index contributed by atoms with van der Waals surface area (Å²) in [5, 5.41) is 43.6. The van der Waals surface area contributed by atoms with Crippen molar-refractivity contribution in [2.45, 2.75) is 237 Å². The van der Waals surface area contributed by atoms with Gasteiger partial charge in [-0.25, -0.2) is 0 Å². The fourth-order valence-electron chi connectivity index (χ4n) is 6.48. The van der Waals surface area contributed by atoms with Crippen LogP contribution in [0.2, 0.25) is 0 Å². The summed E-state index contributed by atoms with van der Waals surface area (Å²) in [6.07, 6.45) is 42.0. The van der Waals surface area contributed by atoms with Crippen LogP contribution in [0.15, 0.2) is 24.3 Å². The standard InChI is InChI=1S/C43H83NO5/c1-3-5-7-9-11-13-15-17-19-20-21-23-25-27-29-31-33-35-37-41(47)43(49)44-39(38-45)42(48)40(46)36-34-32-30-28-26-24-22-18-16-14-12-10-8-6-4-2/h18,22,28,30,39-42,45-48H,3-17,19-21,23-27,29,31-38H2,1-2H3,(H,44,49)/b22-18+,30-28+. The van der Waals surface area contributed by atoms with Crippen molar-refractivity contribution >= 4 is 5.91 Å². The van der Waals surface area contributed by atoms with E-state index in [0.29, 0.717) is 19.3 Å². The van der Waals surface area contributed by atoms with Crippen LogP contribution in [0, 0.1) is 0 Å². The zero-order valence-electron chi connectivity index (χ0n) is 32.4. The molecular formula is C43H83NO5. The second-order valence-corrected chi connectivity index (χ2v) is 14.7.